The summed E-state index contributed by atoms with van der Waals surface area (Å²) < 4.78 is 13.2. The third-order valence-electron chi connectivity index (χ3n) is 5.90. The van der Waals surface area contributed by atoms with Crippen LogP contribution >= 0.6 is 0 Å². The molecular formula is C25H31N5O5. The highest BCUT2D eigenvalue weighted by Crippen LogP contribution is 2.22. The summed E-state index contributed by atoms with van der Waals surface area (Å²) >= 11 is 0. The van der Waals surface area contributed by atoms with Crippen LogP contribution in [0.4, 0.5) is 15.4 Å². The molecule has 2 aliphatic rings. The topological polar surface area (TPSA) is 105 Å². The van der Waals surface area contributed by atoms with Gasteiger partial charge in [0.05, 0.1) is 12.3 Å². The molecule has 2 saturated heterocycles. The van der Waals surface area contributed by atoms with Gasteiger partial charge in [0.25, 0.3) is 0 Å². The van der Waals surface area contributed by atoms with Crippen LogP contribution in [-0.4, -0.2) is 70.3 Å². The van der Waals surface area contributed by atoms with Crippen LogP contribution < -0.4 is 10.2 Å². The largest absolute Gasteiger partial charge is 0.444 e. The Morgan fingerprint density at radius 2 is 2.09 bits per heavy atom. The van der Waals surface area contributed by atoms with Gasteiger partial charge in [0.1, 0.15) is 23.7 Å². The van der Waals surface area contributed by atoms with Crippen molar-refractivity contribution < 1.29 is 23.9 Å². The molecule has 4 rings (SSSR count). The van der Waals surface area contributed by atoms with Gasteiger partial charge in [-0.1, -0.05) is 18.8 Å². The first-order chi connectivity index (χ1) is 16.6. The van der Waals surface area contributed by atoms with Gasteiger partial charge < -0.3 is 14.4 Å². The lowest BCUT2D eigenvalue weighted by molar-refractivity contribution is -0.120. The van der Waals surface area contributed by atoms with Gasteiger partial charge in [-0.25, -0.2) is 14.6 Å². The van der Waals surface area contributed by atoms with E-state index in [0.717, 1.165) is 12.0 Å². The van der Waals surface area contributed by atoms with Crippen LogP contribution in [0, 0.1) is 17.8 Å². The number of pyridine rings is 1. The van der Waals surface area contributed by atoms with Crippen LogP contribution in [-0.2, 0) is 14.3 Å². The molecule has 186 valence electrons. The van der Waals surface area contributed by atoms with E-state index in [2.05, 4.69) is 29.1 Å². The van der Waals surface area contributed by atoms with Crippen molar-refractivity contribution in [3.05, 3.63) is 30.1 Å². The third kappa shape index (κ3) is 5.92. The van der Waals surface area contributed by atoms with E-state index in [1.165, 1.54) is 4.90 Å². The number of imidazole rings is 1. The van der Waals surface area contributed by atoms with E-state index in [4.69, 9.17) is 9.47 Å². The van der Waals surface area contributed by atoms with Gasteiger partial charge in [-0.05, 0) is 39.3 Å². The first-order valence-electron chi connectivity index (χ1n) is 11.8. The summed E-state index contributed by atoms with van der Waals surface area (Å²) in [6.07, 6.45) is 4.15. The molecule has 2 fully saturated rings. The first kappa shape index (κ1) is 24.5. The fourth-order valence-electron chi connectivity index (χ4n) is 4.18. The zero-order valence-electron chi connectivity index (χ0n) is 20.5. The molecule has 35 heavy (non-hydrogen) atoms. The number of urea groups is 1. The molecule has 0 bridgehead atoms. The van der Waals surface area contributed by atoms with Crippen LogP contribution in [0.1, 0.15) is 46.1 Å². The minimum atomic E-state index is -0.507. The Bertz CT molecular complexity index is 1190. The van der Waals surface area contributed by atoms with Crippen molar-refractivity contribution in [3.63, 3.8) is 0 Å². The standard InChI is InChI=1S/C25H31N5O5/c1-17-16-28(24(33)35-25(2,3)4)10-8-19(17)34-13-5-6-18-7-11-29-20(14-18)26-15-22(29)30-12-9-21(31)27-23(30)32/h7,11,14-15,17,19H,8-10,12-13,16H2,1-4H3,(H,27,31,32)/t17-,19-/m1/s1. The second-order valence-electron chi connectivity index (χ2n) is 9.86. The summed E-state index contributed by atoms with van der Waals surface area (Å²) in [5, 5.41) is 2.32. The quantitative estimate of drug-likeness (QED) is 0.676. The molecule has 2 aromatic heterocycles. The Balaban J connectivity index is 1.31. The number of hydrogen-bond donors (Lipinski definition) is 1. The highest BCUT2D eigenvalue weighted by molar-refractivity contribution is 6.05. The number of hydrogen-bond acceptors (Lipinski definition) is 6. The lowest BCUT2D eigenvalue weighted by Crippen LogP contribution is -2.50. The minimum Gasteiger partial charge on any atom is -0.444 e. The smallest absolute Gasteiger partial charge is 0.410 e. The van der Waals surface area contributed by atoms with Crippen LogP contribution in [0.5, 0.6) is 0 Å². The van der Waals surface area contributed by atoms with E-state index in [9.17, 15) is 14.4 Å². The third-order valence-corrected chi connectivity index (χ3v) is 5.90. The number of likely N-dealkylation sites (tertiary alicyclic amines) is 1. The number of anilines is 1. The molecule has 1 N–H and O–H groups in total. The van der Waals surface area contributed by atoms with E-state index >= 15 is 0 Å². The molecule has 0 radical (unpaired) electrons. The Hall–Kier alpha value is -3.58. The van der Waals surface area contributed by atoms with Crippen LogP contribution in [0.15, 0.2) is 24.5 Å². The fraction of sp³-hybridized carbons (Fsp3) is 0.520. The van der Waals surface area contributed by atoms with Crippen molar-refractivity contribution >= 4 is 29.5 Å². The average molecular weight is 482 g/mol. The molecule has 0 unspecified atom stereocenters. The van der Waals surface area contributed by atoms with Gasteiger partial charge in [0.2, 0.25) is 5.91 Å². The zero-order chi connectivity index (χ0) is 25.2. The number of nitrogens with zero attached hydrogens (tertiary/aromatic N) is 4. The highest BCUT2D eigenvalue weighted by Gasteiger charge is 2.31. The second-order valence-corrected chi connectivity index (χ2v) is 9.86. The Morgan fingerprint density at radius 3 is 2.80 bits per heavy atom. The first-order valence-corrected chi connectivity index (χ1v) is 11.8. The number of carbonyl (C=O) groups is 3. The Kier molecular flexibility index (Phi) is 6.98. The van der Waals surface area contributed by atoms with Gasteiger partial charge in [0, 0.05) is 43.7 Å². The molecule has 0 aliphatic carbocycles. The number of rotatable bonds is 3. The molecule has 2 aliphatic heterocycles. The maximum absolute atomic E-state index is 12.3. The van der Waals surface area contributed by atoms with E-state index in [0.29, 0.717) is 31.1 Å². The van der Waals surface area contributed by atoms with Crippen molar-refractivity contribution in [3.8, 4) is 11.8 Å². The zero-order valence-corrected chi connectivity index (χ0v) is 20.5. The number of aromatic nitrogens is 2. The van der Waals surface area contributed by atoms with Crippen LogP contribution in [0.3, 0.4) is 0 Å². The van der Waals surface area contributed by atoms with Crippen molar-refractivity contribution in [2.45, 2.75) is 52.2 Å². The molecule has 0 spiro atoms. The van der Waals surface area contributed by atoms with Crippen molar-refractivity contribution in [1.82, 2.24) is 19.6 Å². The van der Waals surface area contributed by atoms with Gasteiger partial charge in [0.15, 0.2) is 0 Å². The molecular weight excluding hydrogens is 450 g/mol. The molecule has 2 aromatic rings. The Labute approximate surface area is 204 Å². The van der Waals surface area contributed by atoms with Crippen molar-refractivity contribution in [1.29, 1.82) is 0 Å². The lowest BCUT2D eigenvalue weighted by atomic mass is 9.97. The molecule has 2 atom stereocenters. The summed E-state index contributed by atoms with van der Waals surface area (Å²) in [5.41, 5.74) is 0.928. The second kappa shape index (κ2) is 9.96. The number of carbonyl (C=O) groups excluding carboxylic acids is 3. The normalized spacial score (nSPS) is 20.9. The van der Waals surface area contributed by atoms with Gasteiger partial charge in [-0.2, -0.15) is 0 Å². The van der Waals surface area contributed by atoms with E-state index in [1.54, 1.807) is 21.7 Å². The van der Waals surface area contributed by atoms with Gasteiger partial charge in [-0.15, -0.1) is 0 Å². The average Bonchev–Trinajstić information content (AvgIpc) is 3.19. The number of nitrogens with one attached hydrogen (secondary N) is 1. The predicted molar refractivity (Wildman–Crippen MR) is 129 cm³/mol. The molecule has 10 heteroatoms. The monoisotopic (exact) mass is 481 g/mol. The maximum Gasteiger partial charge on any atom is 0.410 e. The number of imide groups is 1. The van der Waals surface area contributed by atoms with Gasteiger partial charge in [-0.3, -0.25) is 19.4 Å². The van der Waals surface area contributed by atoms with E-state index in [1.807, 2.05) is 32.9 Å². The van der Waals surface area contributed by atoms with Crippen LogP contribution in [0.2, 0.25) is 0 Å². The number of piperidine rings is 1. The molecule has 0 aromatic carbocycles. The predicted octanol–water partition coefficient (Wildman–Crippen LogP) is 2.79. The summed E-state index contributed by atoms with van der Waals surface area (Å²) in [6.45, 7) is 9.44. The summed E-state index contributed by atoms with van der Waals surface area (Å²) in [6, 6.07) is 3.24. The maximum atomic E-state index is 12.3. The molecule has 0 saturated carbocycles. The highest BCUT2D eigenvalue weighted by atomic mass is 16.6. The SMILES string of the molecule is C[C@@H]1CN(C(=O)OC(C)(C)C)CC[C@H]1OCC#Cc1ccn2c(N3CCC(=O)NC3=O)cnc2c1. The number of ether oxygens (including phenoxy) is 2. The Morgan fingerprint density at radius 1 is 1.29 bits per heavy atom. The van der Waals surface area contributed by atoms with Gasteiger partial charge >= 0.3 is 12.1 Å². The minimum absolute atomic E-state index is 0.0305. The fourth-order valence-corrected chi connectivity index (χ4v) is 4.18. The summed E-state index contributed by atoms with van der Waals surface area (Å²) in [5.74, 6) is 6.65. The summed E-state index contributed by atoms with van der Waals surface area (Å²) in [7, 11) is 0. The number of amides is 4. The van der Waals surface area contributed by atoms with E-state index < -0.39 is 11.6 Å². The lowest BCUT2D eigenvalue weighted by Gasteiger charge is -2.37. The molecule has 4 heterocycles. The van der Waals surface area contributed by atoms with E-state index in [-0.39, 0.29) is 37.0 Å². The molecule has 10 nitrogen and oxygen atoms in total. The number of fused-ring (bicyclic) bond motifs is 1. The van der Waals surface area contributed by atoms with Crippen LogP contribution in [0.25, 0.3) is 5.65 Å². The van der Waals surface area contributed by atoms with Crippen molar-refractivity contribution in [2.24, 2.45) is 5.92 Å². The summed E-state index contributed by atoms with van der Waals surface area (Å²) in [4.78, 5) is 43.4. The molecule has 4 amide bonds. The van der Waals surface area contributed by atoms with Crippen molar-refractivity contribution in [2.75, 3.05) is 31.1 Å².